The molecule has 7 heteroatoms. The predicted molar refractivity (Wildman–Crippen MR) is 117 cm³/mol. The van der Waals surface area contributed by atoms with Crippen molar-refractivity contribution in [2.75, 3.05) is 6.54 Å². The van der Waals surface area contributed by atoms with Crippen LogP contribution >= 0.6 is 23.2 Å². The maximum atomic E-state index is 12.3. The van der Waals surface area contributed by atoms with Gasteiger partial charge in [-0.15, -0.1) is 5.10 Å². The third kappa shape index (κ3) is 7.59. The lowest BCUT2D eigenvalue weighted by atomic mass is 10.1. The molecule has 1 aromatic heterocycles. The van der Waals surface area contributed by atoms with Gasteiger partial charge in [-0.05, 0) is 18.6 Å². The summed E-state index contributed by atoms with van der Waals surface area (Å²) >= 11 is 12.0. The Morgan fingerprint density at radius 3 is 2.04 bits per heavy atom. The van der Waals surface area contributed by atoms with Crippen molar-refractivity contribution in [3.63, 3.8) is 0 Å². The van der Waals surface area contributed by atoms with E-state index in [-0.39, 0.29) is 6.03 Å². The van der Waals surface area contributed by atoms with E-state index in [1.54, 1.807) is 12.1 Å². The van der Waals surface area contributed by atoms with Crippen LogP contribution in [0.25, 0.3) is 11.0 Å². The maximum Gasteiger partial charge on any atom is 0.344 e. The van der Waals surface area contributed by atoms with Crippen LogP contribution < -0.4 is 5.32 Å². The third-order valence-corrected chi connectivity index (χ3v) is 5.71. The number of fused-ring (bicyclic) bond motifs is 1. The van der Waals surface area contributed by atoms with Crippen LogP contribution in [0.5, 0.6) is 0 Å². The Morgan fingerprint density at radius 1 is 0.893 bits per heavy atom. The molecule has 28 heavy (non-hydrogen) atoms. The lowest BCUT2D eigenvalue weighted by Crippen LogP contribution is -2.30. The number of hydrogen-bond donors (Lipinski definition) is 1. The van der Waals surface area contributed by atoms with E-state index in [0.717, 1.165) is 12.8 Å². The standard InChI is InChI=1S/C21H32Cl2N4O/c1-2-3-4-5-6-7-8-9-10-11-12-13-14-24-21(28)27-20-16-18(23)17(22)15-19(20)25-26-27/h15-16H,2-14H2,1H3,(H,24,28). The van der Waals surface area contributed by atoms with Crippen molar-refractivity contribution in [1.29, 1.82) is 0 Å². The topological polar surface area (TPSA) is 59.8 Å². The Labute approximate surface area is 178 Å². The summed E-state index contributed by atoms with van der Waals surface area (Å²) in [5, 5.41) is 11.5. The molecule has 0 saturated carbocycles. The highest BCUT2D eigenvalue weighted by atomic mass is 35.5. The van der Waals surface area contributed by atoms with Crippen molar-refractivity contribution in [2.24, 2.45) is 0 Å². The van der Waals surface area contributed by atoms with Crippen LogP contribution in [-0.4, -0.2) is 27.6 Å². The molecule has 1 aromatic carbocycles. The van der Waals surface area contributed by atoms with E-state index in [1.807, 2.05) is 0 Å². The summed E-state index contributed by atoms with van der Waals surface area (Å²) in [6.07, 6.45) is 15.6. The zero-order valence-electron chi connectivity index (χ0n) is 16.9. The first kappa shape index (κ1) is 23.0. The van der Waals surface area contributed by atoms with Crippen LogP contribution in [0.1, 0.15) is 84.0 Å². The first-order valence-corrected chi connectivity index (χ1v) is 11.4. The SMILES string of the molecule is CCCCCCCCCCCCCCNC(=O)n1nnc2cc(Cl)c(Cl)cc21. The Kier molecular flexibility index (Phi) is 10.7. The van der Waals surface area contributed by atoms with Crippen LogP contribution in [0.4, 0.5) is 4.79 Å². The molecule has 0 bridgehead atoms. The number of halogens is 2. The van der Waals surface area contributed by atoms with E-state index in [9.17, 15) is 4.79 Å². The number of amides is 1. The molecule has 2 rings (SSSR count). The van der Waals surface area contributed by atoms with E-state index in [2.05, 4.69) is 22.6 Å². The average molecular weight is 427 g/mol. The molecule has 0 unspecified atom stereocenters. The molecule has 0 radical (unpaired) electrons. The fourth-order valence-corrected chi connectivity index (χ4v) is 3.62. The molecule has 1 amide bonds. The lowest BCUT2D eigenvalue weighted by molar-refractivity contribution is 0.239. The van der Waals surface area contributed by atoms with Gasteiger partial charge >= 0.3 is 6.03 Å². The van der Waals surface area contributed by atoms with Gasteiger partial charge in [-0.2, -0.15) is 4.68 Å². The minimum atomic E-state index is -0.288. The molecule has 156 valence electrons. The van der Waals surface area contributed by atoms with E-state index >= 15 is 0 Å². The van der Waals surface area contributed by atoms with Gasteiger partial charge in [0, 0.05) is 6.54 Å². The van der Waals surface area contributed by atoms with Crippen molar-refractivity contribution in [1.82, 2.24) is 20.3 Å². The average Bonchev–Trinajstić information content (AvgIpc) is 3.08. The van der Waals surface area contributed by atoms with Gasteiger partial charge in [0.25, 0.3) is 0 Å². The molecular formula is C21H32Cl2N4O. The Balaban J connectivity index is 1.53. The highest BCUT2D eigenvalue weighted by molar-refractivity contribution is 6.42. The summed E-state index contributed by atoms with van der Waals surface area (Å²) in [5.74, 6) is 0. The minimum Gasteiger partial charge on any atom is -0.336 e. The zero-order chi connectivity index (χ0) is 20.2. The number of hydrogen-bond acceptors (Lipinski definition) is 3. The van der Waals surface area contributed by atoms with Gasteiger partial charge in [0.05, 0.1) is 10.0 Å². The van der Waals surface area contributed by atoms with E-state index in [4.69, 9.17) is 23.2 Å². The first-order chi connectivity index (χ1) is 13.6. The molecule has 1 heterocycles. The molecule has 0 fully saturated rings. The van der Waals surface area contributed by atoms with Crippen molar-refractivity contribution >= 4 is 40.3 Å². The van der Waals surface area contributed by atoms with E-state index < -0.39 is 0 Å². The molecule has 0 saturated heterocycles. The van der Waals surface area contributed by atoms with Crippen molar-refractivity contribution in [2.45, 2.75) is 84.0 Å². The summed E-state index contributed by atoms with van der Waals surface area (Å²) in [7, 11) is 0. The molecule has 1 N–H and O–H groups in total. The highest BCUT2D eigenvalue weighted by Crippen LogP contribution is 2.26. The summed E-state index contributed by atoms with van der Waals surface area (Å²) in [4.78, 5) is 12.3. The van der Waals surface area contributed by atoms with Gasteiger partial charge in [-0.25, -0.2) is 4.79 Å². The second-order valence-electron chi connectivity index (χ2n) is 7.38. The smallest absolute Gasteiger partial charge is 0.336 e. The van der Waals surface area contributed by atoms with Crippen LogP contribution in [0.2, 0.25) is 10.0 Å². The molecule has 2 aromatic rings. The Morgan fingerprint density at radius 2 is 1.43 bits per heavy atom. The van der Waals surface area contributed by atoms with Gasteiger partial charge in [0.15, 0.2) is 0 Å². The first-order valence-electron chi connectivity index (χ1n) is 10.6. The van der Waals surface area contributed by atoms with Gasteiger partial charge < -0.3 is 5.32 Å². The van der Waals surface area contributed by atoms with Gasteiger partial charge in [-0.1, -0.05) is 106 Å². The van der Waals surface area contributed by atoms with Crippen molar-refractivity contribution in [3.05, 3.63) is 22.2 Å². The summed E-state index contributed by atoms with van der Waals surface area (Å²) in [6.45, 7) is 2.90. The van der Waals surface area contributed by atoms with Gasteiger partial charge in [0.2, 0.25) is 0 Å². The maximum absolute atomic E-state index is 12.3. The van der Waals surface area contributed by atoms with Gasteiger partial charge in [0.1, 0.15) is 11.0 Å². The molecular weight excluding hydrogens is 395 g/mol. The number of benzene rings is 1. The molecule has 5 nitrogen and oxygen atoms in total. The van der Waals surface area contributed by atoms with E-state index in [1.165, 1.54) is 68.9 Å². The van der Waals surface area contributed by atoms with Crippen LogP contribution in [-0.2, 0) is 0 Å². The van der Waals surface area contributed by atoms with E-state index in [0.29, 0.717) is 27.6 Å². The Bertz CT molecular complexity index is 733. The number of carbonyl (C=O) groups is 1. The molecule has 0 spiro atoms. The minimum absolute atomic E-state index is 0.288. The normalized spacial score (nSPS) is 11.2. The van der Waals surface area contributed by atoms with Crippen molar-refractivity contribution in [3.8, 4) is 0 Å². The second kappa shape index (κ2) is 13.0. The molecule has 0 aliphatic carbocycles. The number of aromatic nitrogens is 3. The number of nitrogens with one attached hydrogen (secondary N) is 1. The molecule has 0 atom stereocenters. The number of unbranched alkanes of at least 4 members (excludes halogenated alkanes) is 11. The van der Waals surface area contributed by atoms with Crippen LogP contribution in [0, 0.1) is 0 Å². The van der Waals surface area contributed by atoms with Gasteiger partial charge in [-0.3, -0.25) is 0 Å². The van der Waals surface area contributed by atoms with Crippen molar-refractivity contribution < 1.29 is 4.79 Å². The quantitative estimate of drug-likeness (QED) is 0.350. The second-order valence-corrected chi connectivity index (χ2v) is 8.19. The predicted octanol–water partition coefficient (Wildman–Crippen LogP) is 7.00. The largest absolute Gasteiger partial charge is 0.344 e. The zero-order valence-corrected chi connectivity index (χ0v) is 18.4. The van der Waals surface area contributed by atoms with Crippen LogP contribution in [0.3, 0.4) is 0 Å². The summed E-state index contributed by atoms with van der Waals surface area (Å²) < 4.78 is 1.23. The molecule has 0 aliphatic heterocycles. The number of nitrogens with zero attached hydrogens (tertiary/aromatic N) is 3. The third-order valence-electron chi connectivity index (χ3n) is 4.99. The number of carbonyl (C=O) groups excluding carboxylic acids is 1. The Hall–Kier alpha value is -1.33. The summed E-state index contributed by atoms with van der Waals surface area (Å²) in [6, 6.07) is 2.94. The number of rotatable bonds is 13. The fourth-order valence-electron chi connectivity index (χ4n) is 3.30. The monoisotopic (exact) mass is 426 g/mol. The summed E-state index contributed by atoms with van der Waals surface area (Å²) in [5.41, 5.74) is 1.11. The molecule has 0 aliphatic rings. The van der Waals surface area contributed by atoms with Crippen LogP contribution in [0.15, 0.2) is 12.1 Å². The highest BCUT2D eigenvalue weighted by Gasteiger charge is 2.13. The fraction of sp³-hybridized carbons (Fsp3) is 0.667. The lowest BCUT2D eigenvalue weighted by Gasteiger charge is -2.06.